The van der Waals surface area contributed by atoms with E-state index in [2.05, 4.69) is 25.7 Å². The minimum Gasteiger partial charge on any atom is -0.368 e. The predicted molar refractivity (Wildman–Crippen MR) is 71.4 cm³/mol. The van der Waals surface area contributed by atoms with Gasteiger partial charge in [-0.25, -0.2) is 5.84 Å². The van der Waals surface area contributed by atoms with Crippen LogP contribution >= 0.6 is 0 Å². The number of aromatic nitrogens is 3. The number of anilines is 3. The van der Waals surface area contributed by atoms with Gasteiger partial charge in [0.25, 0.3) is 0 Å². The van der Waals surface area contributed by atoms with Crippen molar-refractivity contribution in [3.63, 3.8) is 0 Å². The Balaban J connectivity index is 2.22. The van der Waals surface area contributed by atoms with E-state index in [-0.39, 0.29) is 11.9 Å². The number of nitrogens with zero attached hydrogens (tertiary/aromatic N) is 4. The molecule has 19 heavy (non-hydrogen) atoms. The number of hydrogen-bond donors (Lipinski definition) is 4. The quantitative estimate of drug-likeness (QED) is 0.395. The molecule has 1 aliphatic rings. The van der Waals surface area contributed by atoms with Gasteiger partial charge in [0.05, 0.1) is 0 Å². The first-order chi connectivity index (χ1) is 9.10. The minimum absolute atomic E-state index is 0.246. The maximum atomic E-state index is 11.0. The Bertz CT molecular complexity index is 459. The molecule has 0 saturated carbocycles. The van der Waals surface area contributed by atoms with Crippen LogP contribution in [0, 0.1) is 0 Å². The molecular weight excluding hydrogens is 248 g/mol. The van der Waals surface area contributed by atoms with E-state index in [1.807, 2.05) is 4.90 Å². The molecule has 1 fully saturated rings. The monoisotopic (exact) mass is 266 g/mol. The van der Waals surface area contributed by atoms with Crippen LogP contribution in [0.5, 0.6) is 0 Å². The number of nitrogens with one attached hydrogen (secondary N) is 2. The van der Waals surface area contributed by atoms with Gasteiger partial charge in [-0.2, -0.15) is 15.0 Å². The fourth-order valence-corrected chi connectivity index (χ4v) is 1.82. The molecule has 0 bridgehead atoms. The number of hydrogen-bond acceptors (Lipinski definition) is 8. The normalized spacial score (nSPS) is 16.2. The average Bonchev–Trinajstić information content (AvgIpc) is 2.92. The molecule has 1 amide bonds. The molecule has 9 heteroatoms. The lowest BCUT2D eigenvalue weighted by Crippen LogP contribution is -2.33. The molecule has 1 atom stereocenters. The lowest BCUT2D eigenvalue weighted by molar-refractivity contribution is -0.118. The SMILES string of the molecule is CC(Nc1nc(NN)nc(N2CCCC2)n1)C(N)=O. The van der Waals surface area contributed by atoms with Crippen LogP contribution in [-0.4, -0.2) is 40.0 Å². The highest BCUT2D eigenvalue weighted by atomic mass is 16.1. The van der Waals surface area contributed by atoms with Crippen LogP contribution in [-0.2, 0) is 4.79 Å². The third kappa shape index (κ3) is 3.19. The average molecular weight is 266 g/mol. The summed E-state index contributed by atoms with van der Waals surface area (Å²) in [6, 6.07) is -0.570. The van der Waals surface area contributed by atoms with Crippen molar-refractivity contribution in [3.05, 3.63) is 0 Å². The Kier molecular flexibility index (Phi) is 3.95. The van der Waals surface area contributed by atoms with Crippen LogP contribution in [0.4, 0.5) is 17.8 Å². The van der Waals surface area contributed by atoms with Crippen LogP contribution in [0.25, 0.3) is 0 Å². The van der Waals surface area contributed by atoms with E-state index in [1.54, 1.807) is 6.92 Å². The molecule has 9 nitrogen and oxygen atoms in total. The summed E-state index contributed by atoms with van der Waals surface area (Å²) >= 11 is 0. The highest BCUT2D eigenvalue weighted by Crippen LogP contribution is 2.18. The summed E-state index contributed by atoms with van der Waals surface area (Å²) in [6.07, 6.45) is 2.22. The van der Waals surface area contributed by atoms with E-state index >= 15 is 0 Å². The summed E-state index contributed by atoms with van der Waals surface area (Å²) in [7, 11) is 0. The Morgan fingerprint density at radius 3 is 2.47 bits per heavy atom. The predicted octanol–water partition coefficient (Wildman–Crippen LogP) is -0.957. The van der Waals surface area contributed by atoms with Gasteiger partial charge in [-0.05, 0) is 19.8 Å². The molecule has 1 aromatic heterocycles. The van der Waals surface area contributed by atoms with E-state index < -0.39 is 11.9 Å². The summed E-state index contributed by atoms with van der Waals surface area (Å²) < 4.78 is 0. The van der Waals surface area contributed by atoms with Crippen molar-refractivity contribution in [3.8, 4) is 0 Å². The number of nitrogens with two attached hydrogens (primary N) is 2. The van der Waals surface area contributed by atoms with E-state index in [0.29, 0.717) is 5.95 Å². The molecule has 1 unspecified atom stereocenters. The molecule has 1 aliphatic heterocycles. The lowest BCUT2D eigenvalue weighted by atomic mass is 10.3. The second kappa shape index (κ2) is 5.65. The molecule has 104 valence electrons. The standard InChI is InChI=1S/C10H18N8O/c1-6(7(11)19)13-8-14-9(17-12)16-10(15-8)18-4-2-3-5-18/h6H,2-5,12H2,1H3,(H2,11,19)(H2,13,14,15,16,17). The van der Waals surface area contributed by atoms with Gasteiger partial charge in [-0.1, -0.05) is 0 Å². The van der Waals surface area contributed by atoms with E-state index in [1.165, 1.54) is 0 Å². The van der Waals surface area contributed by atoms with Crippen LogP contribution in [0.2, 0.25) is 0 Å². The topological polar surface area (TPSA) is 135 Å². The lowest BCUT2D eigenvalue weighted by Gasteiger charge is -2.17. The van der Waals surface area contributed by atoms with Crippen molar-refractivity contribution in [1.29, 1.82) is 0 Å². The fraction of sp³-hybridized carbons (Fsp3) is 0.600. The molecule has 1 aromatic rings. The zero-order chi connectivity index (χ0) is 13.8. The number of carbonyl (C=O) groups is 1. The van der Waals surface area contributed by atoms with Crippen LogP contribution < -0.4 is 27.2 Å². The first-order valence-electron chi connectivity index (χ1n) is 6.13. The second-order valence-electron chi connectivity index (χ2n) is 4.39. The molecule has 0 radical (unpaired) electrons. The Morgan fingerprint density at radius 1 is 1.26 bits per heavy atom. The van der Waals surface area contributed by atoms with Gasteiger partial charge < -0.3 is 16.0 Å². The molecule has 0 aromatic carbocycles. The summed E-state index contributed by atoms with van der Waals surface area (Å²) in [5, 5.41) is 2.82. The van der Waals surface area contributed by atoms with Gasteiger partial charge in [0.2, 0.25) is 23.8 Å². The number of hydrazine groups is 1. The summed E-state index contributed by atoms with van der Waals surface area (Å²) in [6.45, 7) is 3.44. The molecule has 1 saturated heterocycles. The van der Waals surface area contributed by atoms with Gasteiger partial charge in [0.15, 0.2) is 0 Å². The first kappa shape index (κ1) is 13.3. The number of carbonyl (C=O) groups excluding carboxylic acids is 1. The Labute approximate surface area is 110 Å². The van der Waals surface area contributed by atoms with Gasteiger partial charge >= 0.3 is 0 Å². The third-order valence-electron chi connectivity index (χ3n) is 2.91. The van der Waals surface area contributed by atoms with E-state index in [4.69, 9.17) is 11.6 Å². The zero-order valence-electron chi connectivity index (χ0n) is 10.8. The van der Waals surface area contributed by atoms with Crippen molar-refractivity contribution in [2.24, 2.45) is 11.6 Å². The van der Waals surface area contributed by atoms with Gasteiger partial charge in [0, 0.05) is 13.1 Å². The van der Waals surface area contributed by atoms with E-state index in [9.17, 15) is 4.79 Å². The molecule has 2 rings (SSSR count). The van der Waals surface area contributed by atoms with E-state index in [0.717, 1.165) is 25.9 Å². The highest BCUT2D eigenvalue weighted by Gasteiger charge is 2.18. The summed E-state index contributed by atoms with van der Waals surface area (Å²) in [5.74, 6) is 5.92. The van der Waals surface area contributed by atoms with Gasteiger partial charge in [-0.15, -0.1) is 0 Å². The number of amides is 1. The van der Waals surface area contributed by atoms with Crippen molar-refractivity contribution < 1.29 is 4.79 Å². The van der Waals surface area contributed by atoms with Gasteiger partial charge in [0.1, 0.15) is 6.04 Å². The number of primary amides is 1. The molecule has 2 heterocycles. The third-order valence-corrected chi connectivity index (χ3v) is 2.91. The maximum Gasteiger partial charge on any atom is 0.243 e. The number of rotatable bonds is 5. The van der Waals surface area contributed by atoms with Crippen LogP contribution in [0.3, 0.4) is 0 Å². The van der Waals surface area contributed by atoms with Crippen molar-refractivity contribution >= 4 is 23.8 Å². The molecular formula is C10H18N8O. The minimum atomic E-state index is -0.570. The second-order valence-corrected chi connectivity index (χ2v) is 4.39. The molecule has 0 aliphatic carbocycles. The van der Waals surface area contributed by atoms with Crippen molar-refractivity contribution in [2.45, 2.75) is 25.8 Å². The Hall–Kier alpha value is -2.16. The molecule has 6 N–H and O–H groups in total. The van der Waals surface area contributed by atoms with Crippen molar-refractivity contribution in [2.75, 3.05) is 28.7 Å². The highest BCUT2D eigenvalue weighted by molar-refractivity contribution is 5.81. The molecule has 0 spiro atoms. The fourth-order valence-electron chi connectivity index (χ4n) is 1.82. The Morgan fingerprint density at radius 2 is 1.89 bits per heavy atom. The maximum absolute atomic E-state index is 11.0. The van der Waals surface area contributed by atoms with Crippen LogP contribution in [0.15, 0.2) is 0 Å². The van der Waals surface area contributed by atoms with Gasteiger partial charge in [-0.3, -0.25) is 10.2 Å². The summed E-state index contributed by atoms with van der Waals surface area (Å²) in [5.41, 5.74) is 7.58. The number of nitrogen functional groups attached to an aromatic ring is 1. The summed E-state index contributed by atoms with van der Waals surface area (Å²) in [4.78, 5) is 25.6. The van der Waals surface area contributed by atoms with Crippen molar-refractivity contribution in [1.82, 2.24) is 15.0 Å². The van der Waals surface area contributed by atoms with Crippen LogP contribution in [0.1, 0.15) is 19.8 Å². The first-order valence-corrected chi connectivity index (χ1v) is 6.13. The smallest absolute Gasteiger partial charge is 0.243 e. The zero-order valence-corrected chi connectivity index (χ0v) is 10.8. The largest absolute Gasteiger partial charge is 0.368 e.